The zero-order chi connectivity index (χ0) is 11.8. The third-order valence-corrected chi connectivity index (χ3v) is 3.80. The predicted molar refractivity (Wildman–Crippen MR) is 74.0 cm³/mol. The summed E-state index contributed by atoms with van der Waals surface area (Å²) in [5.41, 5.74) is 6.00. The summed E-state index contributed by atoms with van der Waals surface area (Å²) in [7, 11) is 0. The molecule has 3 rings (SSSR count). The van der Waals surface area contributed by atoms with Crippen molar-refractivity contribution in [1.29, 1.82) is 0 Å². The van der Waals surface area contributed by atoms with Crippen molar-refractivity contribution >= 4 is 6.08 Å². The van der Waals surface area contributed by atoms with Gasteiger partial charge in [0, 0.05) is 5.92 Å². The van der Waals surface area contributed by atoms with E-state index in [-0.39, 0.29) is 0 Å². The van der Waals surface area contributed by atoms with Gasteiger partial charge in [-0.1, -0.05) is 68.0 Å². The smallest absolute Gasteiger partial charge is 0.0210 e. The fourth-order valence-corrected chi connectivity index (χ4v) is 2.72. The summed E-state index contributed by atoms with van der Waals surface area (Å²) >= 11 is 0. The van der Waals surface area contributed by atoms with Crippen molar-refractivity contribution in [1.82, 2.24) is 0 Å². The van der Waals surface area contributed by atoms with E-state index in [1.165, 1.54) is 16.7 Å². The van der Waals surface area contributed by atoms with E-state index in [2.05, 4.69) is 62.4 Å². The second-order valence-electron chi connectivity index (χ2n) is 5.27. The number of benzene rings is 1. The predicted octanol–water partition coefficient (Wildman–Crippen LogP) is 4.49. The molecule has 17 heavy (non-hydrogen) atoms. The molecule has 0 spiro atoms. The van der Waals surface area contributed by atoms with Gasteiger partial charge in [-0.3, -0.25) is 0 Å². The molecule has 0 aromatic heterocycles. The summed E-state index contributed by atoms with van der Waals surface area (Å²) < 4.78 is 0. The summed E-state index contributed by atoms with van der Waals surface area (Å²) in [6.45, 7) is 4.57. The highest BCUT2D eigenvalue weighted by atomic mass is 14.2. The molecule has 86 valence electrons. The Morgan fingerprint density at radius 1 is 1.12 bits per heavy atom. The lowest BCUT2D eigenvalue weighted by Gasteiger charge is -2.11. The van der Waals surface area contributed by atoms with Crippen LogP contribution in [0.2, 0.25) is 0 Å². The molecule has 0 saturated carbocycles. The molecular formula is C17H18. The topological polar surface area (TPSA) is 0 Å². The summed E-state index contributed by atoms with van der Waals surface area (Å²) in [5, 5.41) is 0. The monoisotopic (exact) mass is 222 g/mol. The van der Waals surface area contributed by atoms with Gasteiger partial charge in [-0.05, 0) is 29.0 Å². The molecular weight excluding hydrogens is 204 g/mol. The molecule has 2 aliphatic rings. The van der Waals surface area contributed by atoms with Crippen LogP contribution in [0.5, 0.6) is 0 Å². The van der Waals surface area contributed by atoms with Crippen molar-refractivity contribution in [2.24, 2.45) is 5.92 Å². The summed E-state index contributed by atoms with van der Waals surface area (Å²) in [6, 6.07) is 6.74. The SMILES string of the molecule is CC(C)C1=Cc2c(cccc2C2C=CC=C2)C1. The van der Waals surface area contributed by atoms with Crippen LogP contribution in [0.3, 0.4) is 0 Å². The van der Waals surface area contributed by atoms with E-state index in [1.54, 1.807) is 5.57 Å². The fourth-order valence-electron chi connectivity index (χ4n) is 2.72. The first-order valence-electron chi connectivity index (χ1n) is 6.43. The lowest BCUT2D eigenvalue weighted by atomic mass is 9.93. The van der Waals surface area contributed by atoms with Gasteiger partial charge in [0.1, 0.15) is 0 Å². The van der Waals surface area contributed by atoms with Crippen molar-refractivity contribution in [2.75, 3.05) is 0 Å². The number of rotatable bonds is 2. The highest BCUT2D eigenvalue weighted by molar-refractivity contribution is 5.68. The van der Waals surface area contributed by atoms with E-state index >= 15 is 0 Å². The molecule has 2 aliphatic carbocycles. The van der Waals surface area contributed by atoms with Gasteiger partial charge < -0.3 is 0 Å². The molecule has 0 saturated heterocycles. The zero-order valence-corrected chi connectivity index (χ0v) is 10.5. The van der Waals surface area contributed by atoms with E-state index < -0.39 is 0 Å². The van der Waals surface area contributed by atoms with Crippen molar-refractivity contribution in [3.8, 4) is 0 Å². The highest BCUT2D eigenvalue weighted by Crippen LogP contribution is 2.36. The van der Waals surface area contributed by atoms with Crippen LogP contribution in [0, 0.1) is 5.92 Å². The minimum Gasteiger partial charge on any atom is -0.0732 e. The Kier molecular flexibility index (Phi) is 2.51. The minimum absolute atomic E-state index is 0.479. The molecule has 0 bridgehead atoms. The standard InChI is InChI=1S/C17H18/c1-12(2)15-10-14-8-5-9-16(17(14)11-15)13-6-3-4-7-13/h3-9,11-13H,10H2,1-2H3. The molecule has 0 fully saturated rings. The van der Waals surface area contributed by atoms with Gasteiger partial charge in [-0.15, -0.1) is 0 Å². The van der Waals surface area contributed by atoms with Gasteiger partial charge >= 0.3 is 0 Å². The molecule has 0 amide bonds. The maximum Gasteiger partial charge on any atom is 0.0210 e. The molecule has 1 aromatic carbocycles. The molecule has 0 atom stereocenters. The van der Waals surface area contributed by atoms with Crippen LogP contribution < -0.4 is 0 Å². The number of hydrogen-bond donors (Lipinski definition) is 0. The third-order valence-electron chi connectivity index (χ3n) is 3.80. The second kappa shape index (κ2) is 4.03. The second-order valence-corrected chi connectivity index (χ2v) is 5.27. The Morgan fingerprint density at radius 3 is 2.59 bits per heavy atom. The van der Waals surface area contributed by atoms with Crippen LogP contribution in [-0.4, -0.2) is 0 Å². The van der Waals surface area contributed by atoms with E-state index in [0.717, 1.165) is 6.42 Å². The van der Waals surface area contributed by atoms with Crippen molar-refractivity contribution < 1.29 is 0 Å². The van der Waals surface area contributed by atoms with Crippen LogP contribution >= 0.6 is 0 Å². The van der Waals surface area contributed by atoms with Crippen molar-refractivity contribution in [3.05, 3.63) is 64.8 Å². The average molecular weight is 222 g/mol. The lowest BCUT2D eigenvalue weighted by molar-refractivity contribution is 0.754. The van der Waals surface area contributed by atoms with Gasteiger partial charge in [0.05, 0.1) is 0 Å². The fraction of sp³-hybridized carbons (Fsp3) is 0.294. The summed E-state index contributed by atoms with van der Waals surface area (Å²) in [6.07, 6.45) is 12.4. The Balaban J connectivity index is 2.05. The maximum absolute atomic E-state index is 2.41. The highest BCUT2D eigenvalue weighted by Gasteiger charge is 2.20. The van der Waals surface area contributed by atoms with Gasteiger partial charge in [0.15, 0.2) is 0 Å². The largest absolute Gasteiger partial charge is 0.0732 e. The normalized spacial score (nSPS) is 17.9. The van der Waals surface area contributed by atoms with E-state index in [9.17, 15) is 0 Å². The number of fused-ring (bicyclic) bond motifs is 1. The molecule has 0 unspecified atom stereocenters. The maximum atomic E-state index is 2.41. The molecule has 0 heterocycles. The molecule has 1 aromatic rings. The Hall–Kier alpha value is -1.56. The third kappa shape index (κ3) is 1.78. The van der Waals surface area contributed by atoms with E-state index in [0.29, 0.717) is 11.8 Å². The van der Waals surface area contributed by atoms with Gasteiger partial charge in [0.2, 0.25) is 0 Å². The van der Waals surface area contributed by atoms with Gasteiger partial charge in [0.25, 0.3) is 0 Å². The Morgan fingerprint density at radius 2 is 1.88 bits per heavy atom. The van der Waals surface area contributed by atoms with Crippen LogP contribution in [0.25, 0.3) is 6.08 Å². The average Bonchev–Trinajstić information content (AvgIpc) is 2.97. The quantitative estimate of drug-likeness (QED) is 0.691. The first-order chi connectivity index (χ1) is 8.25. The van der Waals surface area contributed by atoms with Crippen LogP contribution in [0.15, 0.2) is 48.1 Å². The van der Waals surface area contributed by atoms with Crippen LogP contribution in [-0.2, 0) is 6.42 Å². The molecule has 0 radical (unpaired) electrons. The van der Waals surface area contributed by atoms with Crippen LogP contribution in [0.4, 0.5) is 0 Å². The number of hydrogen-bond acceptors (Lipinski definition) is 0. The van der Waals surface area contributed by atoms with Crippen molar-refractivity contribution in [3.63, 3.8) is 0 Å². The van der Waals surface area contributed by atoms with Crippen LogP contribution in [0.1, 0.15) is 36.5 Å². The first-order valence-corrected chi connectivity index (χ1v) is 6.43. The van der Waals surface area contributed by atoms with E-state index in [4.69, 9.17) is 0 Å². The summed E-state index contributed by atoms with van der Waals surface area (Å²) in [5.74, 6) is 1.14. The Bertz CT molecular complexity index is 515. The van der Waals surface area contributed by atoms with E-state index in [1.807, 2.05) is 0 Å². The zero-order valence-electron chi connectivity index (χ0n) is 10.5. The minimum atomic E-state index is 0.479. The molecule has 0 heteroatoms. The first kappa shape index (κ1) is 10.6. The molecule has 0 aliphatic heterocycles. The Labute approximate surface area is 103 Å². The van der Waals surface area contributed by atoms with Gasteiger partial charge in [-0.25, -0.2) is 0 Å². The van der Waals surface area contributed by atoms with Crippen molar-refractivity contribution in [2.45, 2.75) is 26.2 Å². The lowest BCUT2D eigenvalue weighted by Crippen LogP contribution is -1.95. The molecule has 0 N–H and O–H groups in total. The molecule has 0 nitrogen and oxygen atoms in total. The van der Waals surface area contributed by atoms with Gasteiger partial charge in [-0.2, -0.15) is 0 Å². The summed E-state index contributed by atoms with van der Waals surface area (Å²) in [4.78, 5) is 0. The number of allylic oxidation sites excluding steroid dienone is 5.